The van der Waals surface area contributed by atoms with Crippen LogP contribution in [0.5, 0.6) is 0 Å². The summed E-state index contributed by atoms with van der Waals surface area (Å²) in [4.78, 5) is 7.01. The second-order valence-electron chi connectivity index (χ2n) is 5.54. The van der Waals surface area contributed by atoms with E-state index in [0.717, 1.165) is 45.6 Å². The van der Waals surface area contributed by atoms with E-state index in [9.17, 15) is 0 Å². The lowest BCUT2D eigenvalue weighted by Crippen LogP contribution is -2.45. The highest BCUT2D eigenvalue weighted by Gasteiger charge is 2.39. The molecule has 3 aliphatic rings. The van der Waals surface area contributed by atoms with Crippen molar-refractivity contribution >= 4 is 31.9 Å². The topological polar surface area (TPSA) is 34.6 Å². The van der Waals surface area contributed by atoms with Crippen molar-refractivity contribution in [3.63, 3.8) is 0 Å². The van der Waals surface area contributed by atoms with Crippen molar-refractivity contribution in [1.29, 1.82) is 0 Å². The molecule has 0 atom stereocenters. The van der Waals surface area contributed by atoms with Crippen molar-refractivity contribution in [2.75, 3.05) is 31.2 Å². The first-order valence-corrected chi connectivity index (χ1v) is 8.21. The quantitative estimate of drug-likeness (QED) is 0.698. The molecule has 1 spiro atoms. The van der Waals surface area contributed by atoms with E-state index in [4.69, 9.17) is 9.47 Å². The minimum Gasteiger partial charge on any atom is -0.370 e. The van der Waals surface area contributed by atoms with Crippen LogP contribution in [-0.2, 0) is 15.9 Å². The molecule has 0 aromatic carbocycles. The normalized spacial score (nSPS) is 24.1. The lowest BCUT2D eigenvalue weighted by molar-refractivity contribution is -0.169. The van der Waals surface area contributed by atoms with Gasteiger partial charge in [-0.05, 0) is 28.7 Å². The van der Waals surface area contributed by atoms with Gasteiger partial charge in [-0.15, -0.1) is 0 Å². The molecule has 1 aromatic rings. The molecule has 0 bridgehead atoms. The summed E-state index contributed by atoms with van der Waals surface area (Å²) in [6.07, 6.45) is 7.11. The third-order valence-corrected chi connectivity index (χ3v) is 5.41. The minimum atomic E-state index is -0.297. The summed E-state index contributed by atoms with van der Waals surface area (Å²) in [7, 11) is 0. The average molecular weight is 384 g/mol. The van der Waals surface area contributed by atoms with Crippen LogP contribution in [0.3, 0.4) is 0 Å². The van der Waals surface area contributed by atoms with Crippen molar-refractivity contribution in [2.24, 2.45) is 0 Å². The smallest absolute Gasteiger partial charge is 0.171 e. The Morgan fingerprint density at radius 3 is 2.70 bits per heavy atom. The van der Waals surface area contributed by atoms with Crippen molar-refractivity contribution < 1.29 is 9.47 Å². The number of hydrogen-bond donors (Lipinski definition) is 0. The predicted molar refractivity (Wildman–Crippen MR) is 86.0 cm³/mol. The lowest BCUT2D eigenvalue weighted by Gasteiger charge is -2.38. The molecule has 2 fully saturated rings. The second-order valence-corrected chi connectivity index (χ2v) is 6.70. The van der Waals surface area contributed by atoms with E-state index in [1.54, 1.807) is 0 Å². The van der Waals surface area contributed by atoms with Gasteiger partial charge in [-0.1, -0.05) is 6.08 Å². The Kier molecular flexibility index (Phi) is 3.23. The molecule has 4 nitrogen and oxygen atoms in total. The maximum Gasteiger partial charge on any atom is 0.171 e. The van der Waals surface area contributed by atoms with E-state index in [-0.39, 0.29) is 5.79 Å². The first-order valence-electron chi connectivity index (χ1n) is 7.14. The molecular formula is C15H17IN2O2. The first kappa shape index (κ1) is 13.0. The summed E-state index contributed by atoms with van der Waals surface area (Å²) in [5.74, 6) is -0.297. The number of halogens is 1. The molecule has 5 heteroatoms. The van der Waals surface area contributed by atoms with Gasteiger partial charge in [0.05, 0.1) is 30.8 Å². The van der Waals surface area contributed by atoms with Gasteiger partial charge < -0.3 is 14.4 Å². The fraction of sp³-hybridized carbons (Fsp3) is 0.533. The molecule has 3 heterocycles. The Labute approximate surface area is 132 Å². The van der Waals surface area contributed by atoms with Gasteiger partial charge in [0.2, 0.25) is 0 Å². The number of fused-ring (bicyclic) bond motifs is 1. The third-order valence-electron chi connectivity index (χ3n) is 4.39. The Morgan fingerprint density at radius 2 is 1.95 bits per heavy atom. The molecule has 0 saturated carbocycles. The predicted octanol–water partition coefficient (Wildman–Crippen LogP) is 2.76. The van der Waals surface area contributed by atoms with Gasteiger partial charge in [-0.3, -0.25) is 4.98 Å². The number of ether oxygens (including phenoxy) is 2. The summed E-state index contributed by atoms with van der Waals surface area (Å²) in [5, 5.41) is 0. The zero-order valence-electron chi connectivity index (χ0n) is 11.3. The van der Waals surface area contributed by atoms with E-state index < -0.39 is 0 Å². The van der Waals surface area contributed by atoms with Crippen LogP contribution in [0.2, 0.25) is 0 Å². The van der Waals surface area contributed by atoms with Crippen LogP contribution in [0, 0.1) is 0 Å². The third kappa shape index (κ3) is 2.16. The van der Waals surface area contributed by atoms with Gasteiger partial charge in [0.1, 0.15) is 0 Å². The van der Waals surface area contributed by atoms with Gasteiger partial charge in [0, 0.05) is 41.5 Å². The van der Waals surface area contributed by atoms with Gasteiger partial charge >= 0.3 is 0 Å². The summed E-state index contributed by atoms with van der Waals surface area (Å²) in [6, 6.07) is 2.28. The van der Waals surface area contributed by atoms with E-state index in [0.29, 0.717) is 0 Å². The van der Waals surface area contributed by atoms with E-state index >= 15 is 0 Å². The molecule has 4 rings (SSSR count). The van der Waals surface area contributed by atoms with Crippen molar-refractivity contribution in [3.05, 3.63) is 29.6 Å². The molecular weight excluding hydrogens is 367 g/mol. The molecule has 1 aliphatic carbocycles. The number of anilines is 1. The van der Waals surface area contributed by atoms with Crippen LogP contribution in [0.4, 0.5) is 5.69 Å². The Bertz CT molecular complexity index is 557. The van der Waals surface area contributed by atoms with Crippen LogP contribution in [0.1, 0.15) is 24.1 Å². The van der Waals surface area contributed by atoms with Crippen LogP contribution in [-0.4, -0.2) is 37.1 Å². The molecule has 0 amide bonds. The molecule has 0 radical (unpaired) electrons. The van der Waals surface area contributed by atoms with E-state index in [1.807, 2.05) is 6.20 Å². The van der Waals surface area contributed by atoms with Crippen LogP contribution < -0.4 is 4.90 Å². The Hall–Kier alpha value is -0.660. The highest BCUT2D eigenvalue weighted by Crippen LogP contribution is 2.36. The zero-order chi connectivity index (χ0) is 13.6. The Morgan fingerprint density at radius 1 is 1.20 bits per heavy atom. The fourth-order valence-electron chi connectivity index (χ4n) is 3.21. The molecule has 0 unspecified atom stereocenters. The standard InChI is InChI=1S/C15H17IN2O2/c16-13-1-2-14-12(13)9-11(10-17-14)18-5-3-15(4-6-18)19-7-8-20-15/h1,9-10H,2-8H2. The van der Waals surface area contributed by atoms with Gasteiger partial charge in [-0.2, -0.15) is 0 Å². The number of piperidine rings is 1. The number of allylic oxidation sites excluding steroid dienone is 1. The molecule has 106 valence electrons. The van der Waals surface area contributed by atoms with Gasteiger partial charge in [-0.25, -0.2) is 0 Å². The number of aromatic nitrogens is 1. The van der Waals surface area contributed by atoms with Gasteiger partial charge in [0.15, 0.2) is 5.79 Å². The van der Waals surface area contributed by atoms with Crippen molar-refractivity contribution in [2.45, 2.75) is 25.0 Å². The van der Waals surface area contributed by atoms with Crippen LogP contribution in [0.25, 0.3) is 3.58 Å². The molecule has 0 N–H and O–H groups in total. The van der Waals surface area contributed by atoms with Crippen LogP contribution >= 0.6 is 22.6 Å². The largest absolute Gasteiger partial charge is 0.370 e. The fourth-order valence-corrected chi connectivity index (χ4v) is 3.90. The Balaban J connectivity index is 1.52. The maximum absolute atomic E-state index is 5.78. The van der Waals surface area contributed by atoms with Crippen molar-refractivity contribution in [1.82, 2.24) is 4.98 Å². The first-order chi connectivity index (χ1) is 9.76. The molecule has 20 heavy (non-hydrogen) atoms. The molecule has 2 saturated heterocycles. The number of nitrogens with zero attached hydrogens (tertiary/aromatic N) is 2. The van der Waals surface area contributed by atoms with Gasteiger partial charge in [0.25, 0.3) is 0 Å². The number of hydrogen-bond acceptors (Lipinski definition) is 4. The highest BCUT2D eigenvalue weighted by atomic mass is 127. The highest BCUT2D eigenvalue weighted by molar-refractivity contribution is 14.1. The maximum atomic E-state index is 5.78. The average Bonchev–Trinajstić information content (AvgIpc) is 3.08. The van der Waals surface area contributed by atoms with E-state index in [2.05, 4.69) is 44.6 Å². The monoisotopic (exact) mass is 384 g/mol. The summed E-state index contributed by atoms with van der Waals surface area (Å²) < 4.78 is 12.9. The van der Waals surface area contributed by atoms with Crippen LogP contribution in [0.15, 0.2) is 18.3 Å². The second kappa shape index (κ2) is 4.96. The summed E-state index contributed by atoms with van der Waals surface area (Å²) >= 11 is 2.40. The summed E-state index contributed by atoms with van der Waals surface area (Å²) in [5.41, 5.74) is 3.73. The van der Waals surface area contributed by atoms with E-state index in [1.165, 1.54) is 20.5 Å². The lowest BCUT2D eigenvalue weighted by atomic mass is 10.0. The van der Waals surface area contributed by atoms with Crippen molar-refractivity contribution in [3.8, 4) is 0 Å². The minimum absolute atomic E-state index is 0.297. The molecule has 2 aliphatic heterocycles. The number of rotatable bonds is 1. The SMILES string of the molecule is IC1=CCc2ncc(N3CCC4(CC3)OCCO4)cc21. The number of pyridine rings is 1. The zero-order valence-corrected chi connectivity index (χ0v) is 13.4. The molecule has 1 aromatic heterocycles. The summed E-state index contributed by atoms with van der Waals surface area (Å²) in [6.45, 7) is 3.42.